The van der Waals surface area contributed by atoms with Gasteiger partial charge in [0.2, 0.25) is 0 Å². The molecular formula is C13H14N4O3S2. The summed E-state index contributed by atoms with van der Waals surface area (Å²) in [4.78, 5) is 12.3. The number of benzene rings is 1. The minimum absolute atomic E-state index is 0.0849. The van der Waals surface area contributed by atoms with Gasteiger partial charge < -0.3 is 4.57 Å². The van der Waals surface area contributed by atoms with Crippen LogP contribution in [0.4, 0.5) is 0 Å². The zero-order chi connectivity index (χ0) is 15.7. The van der Waals surface area contributed by atoms with Gasteiger partial charge in [0.15, 0.2) is 5.16 Å². The van der Waals surface area contributed by atoms with Crippen LogP contribution in [0, 0.1) is 0 Å². The van der Waals surface area contributed by atoms with Crippen LogP contribution in [-0.4, -0.2) is 45.7 Å². The molecule has 1 amide bonds. The van der Waals surface area contributed by atoms with E-state index in [1.54, 1.807) is 18.5 Å². The molecule has 0 radical (unpaired) electrons. The van der Waals surface area contributed by atoms with Crippen molar-refractivity contribution >= 4 is 27.7 Å². The first-order valence-electron chi connectivity index (χ1n) is 6.72. The molecule has 9 heteroatoms. The third-order valence-corrected chi connectivity index (χ3v) is 6.16. The fraction of sp³-hybridized carbons (Fsp3) is 0.308. The van der Waals surface area contributed by atoms with Crippen molar-refractivity contribution in [3.05, 3.63) is 36.2 Å². The number of aryl methyl sites for hydroxylation is 1. The maximum atomic E-state index is 12.4. The van der Waals surface area contributed by atoms with E-state index in [4.69, 9.17) is 0 Å². The van der Waals surface area contributed by atoms with E-state index in [9.17, 15) is 13.2 Å². The van der Waals surface area contributed by atoms with Crippen molar-refractivity contribution in [3.8, 4) is 0 Å². The second-order valence-electron chi connectivity index (χ2n) is 4.63. The quantitative estimate of drug-likeness (QED) is 0.763. The molecule has 2 heterocycles. The predicted molar refractivity (Wildman–Crippen MR) is 81.1 cm³/mol. The van der Waals surface area contributed by atoms with E-state index in [-0.39, 0.29) is 17.0 Å². The Bertz CT molecular complexity index is 816. The summed E-state index contributed by atoms with van der Waals surface area (Å²) < 4.78 is 27.5. The third kappa shape index (κ3) is 2.40. The number of sulfonamides is 1. The molecule has 1 aromatic carbocycles. The lowest BCUT2D eigenvalue weighted by Gasteiger charge is -2.14. The Kier molecular flexibility index (Phi) is 3.92. The first-order chi connectivity index (χ1) is 10.6. The molecule has 0 unspecified atom stereocenters. The van der Waals surface area contributed by atoms with Gasteiger partial charge in [0.05, 0.1) is 5.56 Å². The van der Waals surface area contributed by atoms with E-state index < -0.39 is 15.9 Å². The van der Waals surface area contributed by atoms with Crippen molar-refractivity contribution in [1.29, 1.82) is 0 Å². The second-order valence-corrected chi connectivity index (χ2v) is 7.52. The van der Waals surface area contributed by atoms with Gasteiger partial charge in [0.1, 0.15) is 11.2 Å². The number of thioether (sulfide) groups is 1. The van der Waals surface area contributed by atoms with Crippen LogP contribution in [0.25, 0.3) is 0 Å². The number of rotatable bonds is 5. The molecule has 0 fully saturated rings. The average Bonchev–Trinajstić information content (AvgIpc) is 3.04. The number of hydrogen-bond donors (Lipinski definition) is 0. The van der Waals surface area contributed by atoms with Crippen LogP contribution in [0.3, 0.4) is 0 Å². The molecule has 0 N–H and O–H groups in total. The zero-order valence-electron chi connectivity index (χ0n) is 11.8. The highest BCUT2D eigenvalue weighted by atomic mass is 32.2. The monoisotopic (exact) mass is 338 g/mol. The maximum absolute atomic E-state index is 12.4. The Morgan fingerprint density at radius 1 is 1.27 bits per heavy atom. The van der Waals surface area contributed by atoms with Crippen LogP contribution in [0.15, 0.2) is 40.6 Å². The van der Waals surface area contributed by atoms with E-state index in [1.165, 1.54) is 23.9 Å². The van der Waals surface area contributed by atoms with E-state index in [0.29, 0.717) is 10.9 Å². The first kappa shape index (κ1) is 15.0. The number of aromatic nitrogens is 3. The molecule has 1 aliphatic heterocycles. The van der Waals surface area contributed by atoms with Gasteiger partial charge in [-0.1, -0.05) is 23.9 Å². The molecule has 0 saturated heterocycles. The first-order valence-corrected chi connectivity index (χ1v) is 9.15. The second kappa shape index (κ2) is 5.73. The Morgan fingerprint density at radius 2 is 2.05 bits per heavy atom. The number of carbonyl (C=O) groups is 1. The molecule has 22 heavy (non-hydrogen) atoms. The SMILES string of the molecule is CCn1cnnc1SCCN1C(=O)c2ccccc2S1(=O)=O. The predicted octanol–water partition coefficient (Wildman–Crippen LogP) is 1.23. The lowest BCUT2D eigenvalue weighted by molar-refractivity contribution is 0.0876. The maximum Gasteiger partial charge on any atom is 0.269 e. The van der Waals surface area contributed by atoms with Crippen LogP contribution in [-0.2, 0) is 16.6 Å². The normalized spacial score (nSPS) is 16.0. The van der Waals surface area contributed by atoms with Gasteiger partial charge in [-0.05, 0) is 19.1 Å². The van der Waals surface area contributed by atoms with Gasteiger partial charge in [0.25, 0.3) is 15.9 Å². The molecule has 7 nitrogen and oxygen atoms in total. The van der Waals surface area contributed by atoms with Crippen LogP contribution in [0.5, 0.6) is 0 Å². The highest BCUT2D eigenvalue weighted by Gasteiger charge is 2.40. The van der Waals surface area contributed by atoms with Gasteiger partial charge in [-0.15, -0.1) is 10.2 Å². The van der Waals surface area contributed by atoms with Crippen molar-refractivity contribution in [2.24, 2.45) is 0 Å². The number of nitrogens with zero attached hydrogens (tertiary/aromatic N) is 4. The largest absolute Gasteiger partial charge is 0.309 e. The van der Waals surface area contributed by atoms with Crippen molar-refractivity contribution in [2.75, 3.05) is 12.3 Å². The van der Waals surface area contributed by atoms with Gasteiger partial charge in [0, 0.05) is 18.8 Å². The molecular weight excluding hydrogens is 324 g/mol. The molecule has 0 aliphatic carbocycles. The van der Waals surface area contributed by atoms with Gasteiger partial charge in [-0.3, -0.25) is 4.79 Å². The van der Waals surface area contributed by atoms with E-state index in [0.717, 1.165) is 10.8 Å². The van der Waals surface area contributed by atoms with E-state index in [1.807, 2.05) is 11.5 Å². The summed E-state index contributed by atoms with van der Waals surface area (Å²) in [6.07, 6.45) is 1.62. The van der Waals surface area contributed by atoms with Gasteiger partial charge in [-0.2, -0.15) is 0 Å². The van der Waals surface area contributed by atoms with Crippen LogP contribution in [0.2, 0.25) is 0 Å². The lowest BCUT2D eigenvalue weighted by atomic mass is 10.2. The molecule has 0 atom stereocenters. The topological polar surface area (TPSA) is 85.2 Å². The molecule has 3 rings (SSSR count). The molecule has 1 aliphatic rings. The minimum Gasteiger partial charge on any atom is -0.309 e. The van der Waals surface area contributed by atoms with Gasteiger partial charge >= 0.3 is 0 Å². The van der Waals surface area contributed by atoms with Crippen molar-refractivity contribution in [2.45, 2.75) is 23.5 Å². The summed E-state index contributed by atoms with van der Waals surface area (Å²) in [5.41, 5.74) is 0.240. The third-order valence-electron chi connectivity index (χ3n) is 3.36. The van der Waals surface area contributed by atoms with Crippen molar-refractivity contribution in [1.82, 2.24) is 19.1 Å². The summed E-state index contributed by atoms with van der Waals surface area (Å²) >= 11 is 1.38. The Labute approximate surface area is 132 Å². The molecule has 1 aromatic heterocycles. The molecule has 0 bridgehead atoms. The number of hydrogen-bond acceptors (Lipinski definition) is 6. The highest BCUT2D eigenvalue weighted by Crippen LogP contribution is 2.30. The van der Waals surface area contributed by atoms with Crippen LogP contribution < -0.4 is 0 Å². The zero-order valence-corrected chi connectivity index (χ0v) is 13.5. The number of carbonyl (C=O) groups excluding carboxylic acids is 1. The smallest absolute Gasteiger partial charge is 0.269 e. The van der Waals surface area contributed by atoms with E-state index >= 15 is 0 Å². The number of fused-ring (bicyclic) bond motifs is 1. The fourth-order valence-electron chi connectivity index (χ4n) is 2.25. The van der Waals surface area contributed by atoms with Crippen LogP contribution in [0.1, 0.15) is 17.3 Å². The van der Waals surface area contributed by atoms with Crippen LogP contribution >= 0.6 is 11.8 Å². The summed E-state index contributed by atoms with van der Waals surface area (Å²) in [6, 6.07) is 6.28. The summed E-state index contributed by atoms with van der Waals surface area (Å²) in [6.45, 7) is 2.82. The summed E-state index contributed by atoms with van der Waals surface area (Å²) in [5, 5.41) is 8.49. The number of amides is 1. The Hall–Kier alpha value is -1.87. The molecule has 116 valence electrons. The fourth-order valence-corrected chi connectivity index (χ4v) is 4.83. The Morgan fingerprint density at radius 3 is 2.77 bits per heavy atom. The Balaban J connectivity index is 1.73. The highest BCUT2D eigenvalue weighted by molar-refractivity contribution is 7.99. The minimum atomic E-state index is -3.72. The molecule has 2 aromatic rings. The summed E-state index contributed by atoms with van der Waals surface area (Å²) in [5.74, 6) is -0.0364. The van der Waals surface area contributed by atoms with Crippen molar-refractivity contribution < 1.29 is 13.2 Å². The van der Waals surface area contributed by atoms with E-state index in [2.05, 4.69) is 10.2 Å². The molecule has 0 saturated carbocycles. The van der Waals surface area contributed by atoms with Gasteiger partial charge in [-0.25, -0.2) is 12.7 Å². The average molecular weight is 338 g/mol. The lowest BCUT2D eigenvalue weighted by Crippen LogP contribution is -2.32. The molecule has 0 spiro atoms. The summed E-state index contributed by atoms with van der Waals surface area (Å²) in [7, 11) is -3.72. The standard InChI is InChI=1S/C13H14N4O3S2/c1-2-16-9-14-15-13(16)21-8-7-17-12(18)10-5-3-4-6-11(10)22(17,19)20/h3-6,9H,2,7-8H2,1H3. The van der Waals surface area contributed by atoms with Crippen molar-refractivity contribution in [3.63, 3.8) is 0 Å².